The summed E-state index contributed by atoms with van der Waals surface area (Å²) in [6.45, 7) is 3.93. The van der Waals surface area contributed by atoms with Crippen LogP contribution in [0.5, 0.6) is 0 Å². The van der Waals surface area contributed by atoms with Gasteiger partial charge in [0.05, 0.1) is 0 Å². The Morgan fingerprint density at radius 1 is 1.28 bits per heavy atom. The van der Waals surface area contributed by atoms with Crippen LogP contribution in [0.4, 0.5) is 0 Å². The van der Waals surface area contributed by atoms with Crippen LogP contribution >= 0.6 is 0 Å². The number of piperazine rings is 1. The minimum atomic E-state index is -0.443. The second-order valence-corrected chi connectivity index (χ2v) is 4.29. The Labute approximate surface area is 106 Å². The van der Waals surface area contributed by atoms with Gasteiger partial charge >= 0.3 is 0 Å². The SMILES string of the molecule is CC=C1NC(=O)[C@@H](C)N(Cc2ccccc2)C1=O. The summed E-state index contributed by atoms with van der Waals surface area (Å²) in [7, 11) is 0. The van der Waals surface area contributed by atoms with Gasteiger partial charge in [0.1, 0.15) is 11.7 Å². The minimum absolute atomic E-state index is 0.131. The highest BCUT2D eigenvalue weighted by molar-refractivity contribution is 6.04. The highest BCUT2D eigenvalue weighted by atomic mass is 16.2. The molecule has 1 heterocycles. The predicted octanol–water partition coefficient (Wildman–Crippen LogP) is 1.44. The molecule has 0 spiro atoms. The molecule has 0 unspecified atom stereocenters. The first-order valence-electron chi connectivity index (χ1n) is 5.95. The number of amides is 2. The summed E-state index contributed by atoms with van der Waals surface area (Å²) >= 11 is 0. The van der Waals surface area contributed by atoms with Crippen LogP contribution in [0.1, 0.15) is 19.4 Å². The Hall–Kier alpha value is -2.10. The zero-order valence-corrected chi connectivity index (χ0v) is 10.5. The van der Waals surface area contributed by atoms with E-state index in [1.165, 1.54) is 0 Å². The Bertz CT molecular complexity index is 494. The smallest absolute Gasteiger partial charge is 0.270 e. The van der Waals surface area contributed by atoms with Crippen LogP contribution in [-0.2, 0) is 16.1 Å². The van der Waals surface area contributed by atoms with Gasteiger partial charge in [-0.2, -0.15) is 0 Å². The van der Waals surface area contributed by atoms with Gasteiger partial charge in [-0.3, -0.25) is 9.59 Å². The van der Waals surface area contributed by atoms with Crippen LogP contribution in [0.25, 0.3) is 0 Å². The van der Waals surface area contributed by atoms with E-state index in [4.69, 9.17) is 0 Å². The van der Waals surface area contributed by atoms with Crippen molar-refractivity contribution in [2.75, 3.05) is 0 Å². The first kappa shape index (κ1) is 12.4. The van der Waals surface area contributed by atoms with Gasteiger partial charge in [-0.05, 0) is 19.4 Å². The Morgan fingerprint density at radius 3 is 2.56 bits per heavy atom. The molecule has 18 heavy (non-hydrogen) atoms. The van der Waals surface area contributed by atoms with Crippen LogP contribution in [0.2, 0.25) is 0 Å². The molecule has 94 valence electrons. The van der Waals surface area contributed by atoms with E-state index in [2.05, 4.69) is 5.32 Å². The number of hydrogen-bond donors (Lipinski definition) is 1. The molecule has 2 amide bonds. The third kappa shape index (κ3) is 2.27. The third-order valence-corrected chi connectivity index (χ3v) is 3.08. The number of nitrogens with one attached hydrogen (secondary N) is 1. The molecule has 4 nitrogen and oxygen atoms in total. The van der Waals surface area contributed by atoms with Crippen molar-refractivity contribution in [1.82, 2.24) is 10.2 Å². The number of carbonyl (C=O) groups is 2. The fourth-order valence-corrected chi connectivity index (χ4v) is 1.95. The first-order valence-corrected chi connectivity index (χ1v) is 5.95. The highest BCUT2D eigenvalue weighted by Gasteiger charge is 2.33. The summed E-state index contributed by atoms with van der Waals surface area (Å²) in [5, 5.41) is 2.61. The molecule has 4 heteroatoms. The Balaban J connectivity index is 2.24. The van der Waals surface area contributed by atoms with Crippen LogP contribution in [-0.4, -0.2) is 22.8 Å². The molecule has 0 aliphatic carbocycles. The molecule has 0 bridgehead atoms. The maximum atomic E-state index is 12.2. The second-order valence-electron chi connectivity index (χ2n) is 4.29. The van der Waals surface area contributed by atoms with Gasteiger partial charge in [0, 0.05) is 6.54 Å². The van der Waals surface area contributed by atoms with Crippen molar-refractivity contribution in [3.63, 3.8) is 0 Å². The zero-order valence-electron chi connectivity index (χ0n) is 10.5. The lowest BCUT2D eigenvalue weighted by atomic mass is 10.1. The lowest BCUT2D eigenvalue weighted by molar-refractivity contribution is -0.142. The van der Waals surface area contributed by atoms with E-state index in [1.54, 1.807) is 24.8 Å². The molecule has 1 N–H and O–H groups in total. The molecule has 2 rings (SSSR count). The third-order valence-electron chi connectivity index (χ3n) is 3.08. The van der Waals surface area contributed by atoms with Gasteiger partial charge in [0.2, 0.25) is 5.91 Å². The molecule has 0 radical (unpaired) electrons. The molecular formula is C14H16N2O2. The van der Waals surface area contributed by atoms with Gasteiger partial charge in [-0.1, -0.05) is 36.4 Å². The average molecular weight is 244 g/mol. The largest absolute Gasteiger partial charge is 0.321 e. The Kier molecular flexibility index (Phi) is 3.46. The van der Waals surface area contributed by atoms with E-state index in [0.717, 1.165) is 5.56 Å². The predicted molar refractivity (Wildman–Crippen MR) is 68.4 cm³/mol. The first-order chi connectivity index (χ1) is 8.63. The quantitative estimate of drug-likeness (QED) is 0.800. The summed E-state index contributed by atoms with van der Waals surface area (Å²) < 4.78 is 0. The van der Waals surface area contributed by atoms with E-state index in [9.17, 15) is 9.59 Å². The number of rotatable bonds is 2. The lowest BCUT2D eigenvalue weighted by Crippen LogP contribution is -2.55. The Morgan fingerprint density at radius 2 is 1.94 bits per heavy atom. The molecule has 1 atom stereocenters. The van der Waals surface area contributed by atoms with Crippen molar-refractivity contribution >= 4 is 11.8 Å². The number of allylic oxidation sites excluding steroid dienone is 1. The second kappa shape index (κ2) is 5.04. The molecule has 0 aromatic heterocycles. The molecule has 1 aliphatic heterocycles. The summed E-state index contributed by atoms with van der Waals surface area (Å²) in [4.78, 5) is 25.5. The average Bonchev–Trinajstić information content (AvgIpc) is 2.40. The normalized spacial score (nSPS) is 22.2. The van der Waals surface area contributed by atoms with Gasteiger partial charge in [-0.25, -0.2) is 0 Å². The van der Waals surface area contributed by atoms with Gasteiger partial charge < -0.3 is 10.2 Å². The van der Waals surface area contributed by atoms with Crippen molar-refractivity contribution in [3.8, 4) is 0 Å². The summed E-state index contributed by atoms with van der Waals surface area (Å²) in [6.07, 6.45) is 1.63. The number of hydrogen-bond acceptors (Lipinski definition) is 2. The summed E-state index contributed by atoms with van der Waals surface area (Å²) in [6, 6.07) is 9.22. The molecule has 1 fully saturated rings. The monoisotopic (exact) mass is 244 g/mol. The van der Waals surface area contributed by atoms with E-state index in [1.807, 2.05) is 30.3 Å². The topological polar surface area (TPSA) is 49.4 Å². The minimum Gasteiger partial charge on any atom is -0.321 e. The van der Waals surface area contributed by atoms with Crippen molar-refractivity contribution < 1.29 is 9.59 Å². The van der Waals surface area contributed by atoms with Crippen LogP contribution in [0, 0.1) is 0 Å². The number of carbonyl (C=O) groups excluding carboxylic acids is 2. The highest BCUT2D eigenvalue weighted by Crippen LogP contribution is 2.16. The van der Waals surface area contributed by atoms with Crippen molar-refractivity contribution in [1.29, 1.82) is 0 Å². The zero-order chi connectivity index (χ0) is 13.1. The maximum absolute atomic E-state index is 12.2. The van der Waals surface area contributed by atoms with E-state index in [-0.39, 0.29) is 11.8 Å². The molecule has 0 saturated carbocycles. The summed E-state index contributed by atoms with van der Waals surface area (Å²) in [5.74, 6) is -0.271. The molecule has 1 saturated heterocycles. The van der Waals surface area contributed by atoms with Gasteiger partial charge in [0.25, 0.3) is 5.91 Å². The molecule has 1 aromatic rings. The van der Waals surface area contributed by atoms with Crippen molar-refractivity contribution in [2.24, 2.45) is 0 Å². The van der Waals surface area contributed by atoms with Crippen molar-refractivity contribution in [3.05, 3.63) is 47.7 Å². The molecular weight excluding hydrogens is 228 g/mol. The van der Waals surface area contributed by atoms with E-state index < -0.39 is 6.04 Å². The van der Waals surface area contributed by atoms with Crippen LogP contribution in [0.15, 0.2) is 42.1 Å². The number of benzene rings is 1. The molecule has 1 aromatic carbocycles. The van der Waals surface area contributed by atoms with E-state index >= 15 is 0 Å². The van der Waals surface area contributed by atoms with Crippen LogP contribution in [0.3, 0.4) is 0 Å². The van der Waals surface area contributed by atoms with Crippen molar-refractivity contribution in [2.45, 2.75) is 26.4 Å². The fraction of sp³-hybridized carbons (Fsp3) is 0.286. The van der Waals surface area contributed by atoms with Crippen LogP contribution < -0.4 is 5.32 Å². The maximum Gasteiger partial charge on any atom is 0.270 e. The van der Waals surface area contributed by atoms with E-state index in [0.29, 0.717) is 12.2 Å². The standard InChI is InChI=1S/C14H16N2O2/c1-3-12-14(18)16(10(2)13(17)15-12)9-11-7-5-4-6-8-11/h3-8,10H,9H2,1-2H3,(H,15,17)/t10-/m1/s1. The number of nitrogens with zero attached hydrogens (tertiary/aromatic N) is 1. The van der Waals surface area contributed by atoms with Gasteiger partial charge in [0.15, 0.2) is 0 Å². The lowest BCUT2D eigenvalue weighted by Gasteiger charge is -2.34. The summed E-state index contributed by atoms with van der Waals surface area (Å²) in [5.41, 5.74) is 1.37. The fourth-order valence-electron chi connectivity index (χ4n) is 1.95. The molecule has 1 aliphatic rings. The van der Waals surface area contributed by atoms with Gasteiger partial charge in [-0.15, -0.1) is 0 Å².